The first kappa shape index (κ1) is 24.4. The predicted octanol–water partition coefficient (Wildman–Crippen LogP) is 0.524. The zero-order valence-electron chi connectivity index (χ0n) is 18.9. The lowest BCUT2D eigenvalue weighted by molar-refractivity contribution is -0.149. The van der Waals surface area contributed by atoms with Gasteiger partial charge in [0.2, 0.25) is 0 Å². The number of carbonyl (C=O) groups excluding carboxylic acids is 4. The number of nitrogens with zero attached hydrogens (tertiary/aromatic N) is 4. The third kappa shape index (κ3) is 5.77. The molecule has 0 radical (unpaired) electrons. The molecule has 34 heavy (non-hydrogen) atoms. The Labute approximate surface area is 195 Å². The van der Waals surface area contributed by atoms with E-state index in [0.29, 0.717) is 12.1 Å². The molecule has 3 rings (SSSR count). The fourth-order valence-electron chi connectivity index (χ4n) is 3.54. The monoisotopic (exact) mass is 470 g/mol. The Hall–Kier alpha value is -4.22. The summed E-state index contributed by atoms with van der Waals surface area (Å²) >= 11 is 0. The number of rotatable bonds is 6. The number of nitrogens with one attached hydrogen (secondary N) is 1. The lowest BCUT2D eigenvalue weighted by Gasteiger charge is -2.37. The van der Waals surface area contributed by atoms with Crippen LogP contribution in [0.4, 0.5) is 15.4 Å². The molecule has 1 aromatic heterocycles. The maximum absolute atomic E-state index is 12.6. The van der Waals surface area contributed by atoms with E-state index in [1.807, 2.05) is 0 Å². The minimum absolute atomic E-state index is 0.0957. The van der Waals surface area contributed by atoms with Crippen molar-refractivity contribution in [3.8, 4) is 5.69 Å². The summed E-state index contributed by atoms with van der Waals surface area (Å²) in [6, 6.07) is 7.95. The maximum Gasteiger partial charge on any atom is 0.405 e. The Balaban J connectivity index is 1.58. The van der Waals surface area contributed by atoms with Gasteiger partial charge in [0.15, 0.2) is 5.60 Å². The Morgan fingerprint density at radius 2 is 1.71 bits per heavy atom. The van der Waals surface area contributed by atoms with Crippen molar-refractivity contribution < 1.29 is 23.9 Å². The Bertz CT molecular complexity index is 1140. The maximum atomic E-state index is 12.6. The zero-order valence-corrected chi connectivity index (χ0v) is 18.9. The number of urea groups is 1. The number of amides is 4. The van der Waals surface area contributed by atoms with E-state index in [1.165, 1.54) is 40.5 Å². The van der Waals surface area contributed by atoms with Crippen LogP contribution in [0.5, 0.6) is 0 Å². The van der Waals surface area contributed by atoms with E-state index in [0.717, 1.165) is 11.8 Å². The van der Waals surface area contributed by atoms with Gasteiger partial charge in [-0.25, -0.2) is 14.4 Å². The van der Waals surface area contributed by atoms with E-state index >= 15 is 0 Å². The average Bonchev–Trinajstić information content (AvgIpc) is 2.79. The van der Waals surface area contributed by atoms with Crippen molar-refractivity contribution in [1.29, 1.82) is 0 Å². The number of primary amides is 1. The summed E-state index contributed by atoms with van der Waals surface area (Å²) in [6.45, 7) is 3.88. The zero-order chi connectivity index (χ0) is 24.9. The van der Waals surface area contributed by atoms with Crippen LogP contribution in [0.2, 0.25) is 0 Å². The van der Waals surface area contributed by atoms with Crippen molar-refractivity contribution in [2.45, 2.75) is 25.9 Å². The smallest absolute Gasteiger partial charge is 0.405 e. The largest absolute Gasteiger partial charge is 0.434 e. The molecule has 180 valence electrons. The molecule has 0 atom stereocenters. The number of benzene rings is 1. The predicted molar refractivity (Wildman–Crippen MR) is 122 cm³/mol. The first-order chi connectivity index (χ1) is 16.1. The number of piperazine rings is 1. The van der Waals surface area contributed by atoms with Crippen LogP contribution in [0.3, 0.4) is 0 Å². The molecule has 4 amide bonds. The molecular weight excluding hydrogens is 444 g/mol. The van der Waals surface area contributed by atoms with Gasteiger partial charge in [-0.1, -0.05) is 12.1 Å². The molecule has 1 aliphatic rings. The summed E-state index contributed by atoms with van der Waals surface area (Å²) in [4.78, 5) is 66.1. The molecule has 12 heteroatoms. The lowest BCUT2D eigenvalue weighted by atomic mass is 10.1. The second-order valence-corrected chi connectivity index (χ2v) is 8.14. The SMILES string of the molecule is CC(C)(OC(N)=O)C(=O)N1CCN(C(=O)Nc2ccn(-c3ccc(CC=O)cc3)c(=O)n2)CC1. The van der Waals surface area contributed by atoms with Gasteiger partial charge in [0.1, 0.15) is 12.1 Å². The minimum Gasteiger partial charge on any atom is -0.434 e. The summed E-state index contributed by atoms with van der Waals surface area (Å²) in [5.41, 5.74) is 4.44. The highest BCUT2D eigenvalue weighted by Gasteiger charge is 2.37. The average molecular weight is 470 g/mol. The standard InChI is InChI=1S/C22H26N6O6/c1-22(2,34-19(23)31)18(30)26-10-12-27(13-11-26)20(32)24-17-7-9-28(21(33)25-17)16-5-3-15(4-6-16)8-14-29/h3-7,9,14H,8,10-13H2,1-2H3,(H2,23,31)(H,24,25,32,33). The first-order valence-corrected chi connectivity index (χ1v) is 10.6. The number of nitrogens with two attached hydrogens (primary N) is 1. The molecule has 0 aliphatic carbocycles. The van der Waals surface area contributed by atoms with Gasteiger partial charge in [-0.15, -0.1) is 0 Å². The number of aldehydes is 1. The van der Waals surface area contributed by atoms with E-state index in [-0.39, 0.29) is 32.0 Å². The molecule has 0 spiro atoms. The van der Waals surface area contributed by atoms with Gasteiger partial charge in [-0.3, -0.25) is 14.7 Å². The fourth-order valence-corrected chi connectivity index (χ4v) is 3.54. The van der Waals surface area contributed by atoms with Crippen molar-refractivity contribution >= 4 is 30.1 Å². The molecule has 2 heterocycles. The highest BCUT2D eigenvalue weighted by Crippen LogP contribution is 2.16. The molecule has 2 aromatic rings. The van der Waals surface area contributed by atoms with Crippen LogP contribution >= 0.6 is 0 Å². The molecule has 3 N–H and O–H groups in total. The highest BCUT2D eigenvalue weighted by molar-refractivity contribution is 5.89. The van der Waals surface area contributed by atoms with Gasteiger partial charge in [-0.05, 0) is 37.6 Å². The molecule has 1 aromatic carbocycles. The molecule has 12 nitrogen and oxygen atoms in total. The number of carbonyl (C=O) groups is 4. The highest BCUT2D eigenvalue weighted by atomic mass is 16.6. The Kier molecular flexibility index (Phi) is 7.29. The van der Waals surface area contributed by atoms with Crippen LogP contribution in [0.25, 0.3) is 5.69 Å². The van der Waals surface area contributed by atoms with Crippen LogP contribution in [-0.2, 0) is 20.7 Å². The van der Waals surface area contributed by atoms with Crippen molar-refractivity contribution in [2.24, 2.45) is 5.73 Å². The molecule has 0 saturated carbocycles. The van der Waals surface area contributed by atoms with E-state index in [4.69, 9.17) is 10.5 Å². The van der Waals surface area contributed by atoms with Crippen LogP contribution in [0.1, 0.15) is 19.4 Å². The van der Waals surface area contributed by atoms with Gasteiger partial charge >= 0.3 is 17.8 Å². The topological polar surface area (TPSA) is 157 Å². The van der Waals surface area contributed by atoms with Crippen molar-refractivity contribution in [2.75, 3.05) is 31.5 Å². The van der Waals surface area contributed by atoms with Crippen molar-refractivity contribution in [3.05, 3.63) is 52.6 Å². The normalized spacial score (nSPS) is 13.8. The van der Waals surface area contributed by atoms with E-state index < -0.39 is 29.3 Å². The van der Waals surface area contributed by atoms with Crippen LogP contribution < -0.4 is 16.7 Å². The van der Waals surface area contributed by atoms with Gasteiger partial charge in [0, 0.05) is 38.8 Å². The summed E-state index contributed by atoms with van der Waals surface area (Å²) in [5.74, 6) is -0.311. The molecule has 0 bridgehead atoms. The number of anilines is 1. The number of hydrogen-bond acceptors (Lipinski definition) is 7. The first-order valence-electron chi connectivity index (χ1n) is 10.6. The second-order valence-electron chi connectivity index (χ2n) is 8.14. The van der Waals surface area contributed by atoms with Crippen molar-refractivity contribution in [3.63, 3.8) is 0 Å². The van der Waals surface area contributed by atoms with Crippen molar-refractivity contribution in [1.82, 2.24) is 19.4 Å². The number of aromatic nitrogens is 2. The number of hydrogen-bond donors (Lipinski definition) is 2. The fraction of sp³-hybridized carbons (Fsp3) is 0.364. The molecular formula is C22H26N6O6. The van der Waals surface area contributed by atoms with E-state index in [1.54, 1.807) is 24.3 Å². The van der Waals surface area contributed by atoms with Gasteiger partial charge in [0.25, 0.3) is 5.91 Å². The molecule has 1 fully saturated rings. The van der Waals surface area contributed by atoms with Gasteiger partial charge < -0.3 is 25.1 Å². The summed E-state index contributed by atoms with van der Waals surface area (Å²) in [5, 5.41) is 2.59. The van der Waals surface area contributed by atoms with Gasteiger partial charge in [-0.2, -0.15) is 4.98 Å². The Morgan fingerprint density at radius 3 is 2.26 bits per heavy atom. The summed E-state index contributed by atoms with van der Waals surface area (Å²) < 4.78 is 6.20. The lowest BCUT2D eigenvalue weighted by Crippen LogP contribution is -2.56. The van der Waals surface area contributed by atoms with Crippen LogP contribution in [0, 0.1) is 0 Å². The van der Waals surface area contributed by atoms with Crippen LogP contribution in [-0.4, -0.2) is 75.4 Å². The summed E-state index contributed by atoms with van der Waals surface area (Å²) in [6.07, 6.45) is 1.55. The second kappa shape index (κ2) is 10.1. The van der Waals surface area contributed by atoms with E-state index in [2.05, 4.69) is 10.3 Å². The minimum atomic E-state index is -1.40. The molecule has 1 aliphatic heterocycles. The van der Waals surface area contributed by atoms with Gasteiger partial charge in [0.05, 0.1) is 5.69 Å². The third-order valence-electron chi connectivity index (χ3n) is 5.30. The molecule has 0 unspecified atom stereocenters. The number of ether oxygens (including phenoxy) is 1. The quantitative estimate of drug-likeness (QED) is 0.583. The Morgan fingerprint density at radius 1 is 1.09 bits per heavy atom. The molecule has 1 saturated heterocycles. The third-order valence-corrected chi connectivity index (χ3v) is 5.30. The van der Waals surface area contributed by atoms with Crippen LogP contribution in [0.15, 0.2) is 41.3 Å². The van der Waals surface area contributed by atoms with E-state index in [9.17, 15) is 24.0 Å². The summed E-state index contributed by atoms with van der Waals surface area (Å²) in [7, 11) is 0.